The molecule has 2 aromatic rings. The van der Waals surface area contributed by atoms with Gasteiger partial charge in [-0.15, -0.1) is 0 Å². The molecule has 0 aliphatic rings. The Morgan fingerprint density at radius 3 is 3.14 bits per heavy atom. The van der Waals surface area contributed by atoms with Gasteiger partial charge in [0.2, 0.25) is 11.7 Å². The molecule has 0 N–H and O–H groups in total. The van der Waals surface area contributed by atoms with Gasteiger partial charge in [-0.2, -0.15) is 4.98 Å². The van der Waals surface area contributed by atoms with Crippen molar-refractivity contribution in [1.82, 2.24) is 15.1 Å². The summed E-state index contributed by atoms with van der Waals surface area (Å²) in [5.74, 6) is 0.772. The zero-order valence-corrected chi connectivity index (χ0v) is 7.25. The number of hydrogen-bond donors (Lipinski definition) is 0. The smallest absolute Gasteiger partial charge is 0.234 e. The lowest BCUT2D eigenvalue weighted by Gasteiger charge is -1.89. The van der Waals surface area contributed by atoms with Crippen LogP contribution >= 0.6 is 0 Å². The predicted octanol–water partition coefficient (Wildman–Crippen LogP) is 0.873. The first-order valence-electron chi connectivity index (χ1n) is 4.07. The minimum Gasteiger partial charge on any atom is -0.339 e. The van der Waals surface area contributed by atoms with Crippen LogP contribution in [0.25, 0.3) is 11.4 Å². The second-order valence-electron chi connectivity index (χ2n) is 2.62. The van der Waals surface area contributed by atoms with Gasteiger partial charge in [-0.05, 0) is 12.1 Å². The first-order valence-corrected chi connectivity index (χ1v) is 4.07. The van der Waals surface area contributed by atoms with E-state index in [0.717, 1.165) is 11.8 Å². The SMILES string of the molecule is O=CCc1nc(-c2cccnc2)no1. The summed E-state index contributed by atoms with van der Waals surface area (Å²) >= 11 is 0. The van der Waals surface area contributed by atoms with E-state index in [9.17, 15) is 4.79 Å². The van der Waals surface area contributed by atoms with Gasteiger partial charge < -0.3 is 9.32 Å². The van der Waals surface area contributed by atoms with Crippen LogP contribution in [0.1, 0.15) is 5.89 Å². The largest absolute Gasteiger partial charge is 0.339 e. The Morgan fingerprint density at radius 2 is 2.43 bits per heavy atom. The molecule has 2 heterocycles. The van der Waals surface area contributed by atoms with E-state index in [0.29, 0.717) is 11.7 Å². The van der Waals surface area contributed by atoms with E-state index < -0.39 is 0 Å². The van der Waals surface area contributed by atoms with Crippen molar-refractivity contribution in [2.45, 2.75) is 6.42 Å². The van der Waals surface area contributed by atoms with E-state index in [2.05, 4.69) is 15.1 Å². The number of carbonyl (C=O) groups excluding carboxylic acids is 1. The van der Waals surface area contributed by atoms with Gasteiger partial charge in [0, 0.05) is 18.0 Å². The van der Waals surface area contributed by atoms with Crippen LogP contribution in [0.15, 0.2) is 29.0 Å². The van der Waals surface area contributed by atoms with Gasteiger partial charge in [0.1, 0.15) is 6.29 Å². The van der Waals surface area contributed by atoms with Crippen molar-refractivity contribution in [1.29, 1.82) is 0 Å². The summed E-state index contributed by atoms with van der Waals surface area (Å²) in [5.41, 5.74) is 0.772. The van der Waals surface area contributed by atoms with Crippen LogP contribution in [-0.4, -0.2) is 21.4 Å². The van der Waals surface area contributed by atoms with Crippen LogP contribution in [0, 0.1) is 0 Å². The van der Waals surface area contributed by atoms with E-state index in [-0.39, 0.29) is 6.42 Å². The van der Waals surface area contributed by atoms with Crippen LogP contribution in [0.3, 0.4) is 0 Å². The fourth-order valence-corrected chi connectivity index (χ4v) is 1.02. The Hall–Kier alpha value is -2.04. The number of rotatable bonds is 3. The van der Waals surface area contributed by atoms with E-state index in [4.69, 9.17) is 4.52 Å². The summed E-state index contributed by atoms with van der Waals surface area (Å²) in [7, 11) is 0. The second kappa shape index (κ2) is 3.78. The molecule has 0 saturated heterocycles. The molecule has 0 spiro atoms. The van der Waals surface area contributed by atoms with Crippen LogP contribution in [-0.2, 0) is 11.2 Å². The van der Waals surface area contributed by atoms with Gasteiger partial charge in [0.05, 0.1) is 6.42 Å². The van der Waals surface area contributed by atoms with Crippen molar-refractivity contribution in [3.05, 3.63) is 30.4 Å². The van der Waals surface area contributed by atoms with E-state index in [1.54, 1.807) is 18.5 Å². The number of hydrogen-bond acceptors (Lipinski definition) is 5. The molecule has 0 aromatic carbocycles. The number of pyridine rings is 1. The van der Waals surface area contributed by atoms with Gasteiger partial charge in [0.25, 0.3) is 0 Å². The number of carbonyl (C=O) groups is 1. The number of aromatic nitrogens is 3. The van der Waals surface area contributed by atoms with Crippen molar-refractivity contribution in [2.75, 3.05) is 0 Å². The van der Waals surface area contributed by atoms with Gasteiger partial charge in [-0.3, -0.25) is 4.98 Å². The molecule has 0 aliphatic heterocycles. The third-order valence-corrected chi connectivity index (χ3v) is 1.65. The zero-order valence-electron chi connectivity index (χ0n) is 7.25. The van der Waals surface area contributed by atoms with Crippen molar-refractivity contribution in [2.24, 2.45) is 0 Å². The van der Waals surface area contributed by atoms with Gasteiger partial charge in [-0.1, -0.05) is 5.16 Å². The number of aldehydes is 1. The first-order chi connectivity index (χ1) is 6.90. The van der Waals surface area contributed by atoms with E-state index in [1.807, 2.05) is 6.07 Å². The predicted molar refractivity (Wildman–Crippen MR) is 47.3 cm³/mol. The van der Waals surface area contributed by atoms with E-state index in [1.165, 1.54) is 0 Å². The topological polar surface area (TPSA) is 68.9 Å². The first kappa shape index (κ1) is 8.55. The lowest BCUT2D eigenvalue weighted by atomic mass is 10.3. The Labute approximate surface area is 79.8 Å². The monoisotopic (exact) mass is 189 g/mol. The summed E-state index contributed by atoms with van der Waals surface area (Å²) < 4.78 is 4.84. The van der Waals surface area contributed by atoms with Crippen LogP contribution < -0.4 is 0 Å². The third kappa shape index (κ3) is 1.66. The molecule has 0 bridgehead atoms. The molecular formula is C9H7N3O2. The highest BCUT2D eigenvalue weighted by atomic mass is 16.5. The third-order valence-electron chi connectivity index (χ3n) is 1.65. The zero-order chi connectivity index (χ0) is 9.80. The molecule has 70 valence electrons. The maximum atomic E-state index is 10.2. The minimum absolute atomic E-state index is 0.146. The van der Waals surface area contributed by atoms with Crippen molar-refractivity contribution < 1.29 is 9.32 Å². The Kier molecular flexibility index (Phi) is 2.31. The molecule has 0 atom stereocenters. The number of nitrogens with zero attached hydrogens (tertiary/aromatic N) is 3. The molecule has 0 unspecified atom stereocenters. The van der Waals surface area contributed by atoms with Crippen LogP contribution in [0.4, 0.5) is 0 Å². The highest BCUT2D eigenvalue weighted by molar-refractivity contribution is 5.55. The average molecular weight is 189 g/mol. The highest BCUT2D eigenvalue weighted by Gasteiger charge is 2.07. The van der Waals surface area contributed by atoms with Crippen molar-refractivity contribution >= 4 is 6.29 Å². The Morgan fingerprint density at radius 1 is 1.50 bits per heavy atom. The Bertz CT molecular complexity index is 425. The highest BCUT2D eigenvalue weighted by Crippen LogP contribution is 2.13. The maximum Gasteiger partial charge on any atom is 0.234 e. The second-order valence-corrected chi connectivity index (χ2v) is 2.62. The quantitative estimate of drug-likeness (QED) is 0.670. The molecule has 0 fully saturated rings. The van der Waals surface area contributed by atoms with Crippen LogP contribution in [0.2, 0.25) is 0 Å². The van der Waals surface area contributed by atoms with Crippen molar-refractivity contribution in [3.8, 4) is 11.4 Å². The Balaban J connectivity index is 2.29. The summed E-state index contributed by atoms with van der Waals surface area (Å²) in [6.45, 7) is 0. The van der Waals surface area contributed by atoms with Gasteiger partial charge >= 0.3 is 0 Å². The molecule has 2 rings (SSSR count). The molecule has 5 heteroatoms. The molecular weight excluding hydrogens is 182 g/mol. The maximum absolute atomic E-state index is 10.2. The average Bonchev–Trinajstić information content (AvgIpc) is 2.68. The molecule has 0 amide bonds. The molecule has 0 radical (unpaired) electrons. The summed E-state index contributed by atoms with van der Waals surface area (Å²) in [4.78, 5) is 18.1. The molecule has 5 nitrogen and oxygen atoms in total. The normalized spacial score (nSPS) is 10.0. The van der Waals surface area contributed by atoms with Crippen LogP contribution in [0.5, 0.6) is 0 Å². The minimum atomic E-state index is 0.146. The van der Waals surface area contributed by atoms with E-state index >= 15 is 0 Å². The fourth-order valence-electron chi connectivity index (χ4n) is 1.02. The summed E-state index contributed by atoms with van der Waals surface area (Å²) in [6, 6.07) is 3.60. The van der Waals surface area contributed by atoms with Crippen molar-refractivity contribution in [3.63, 3.8) is 0 Å². The summed E-state index contributed by atoms with van der Waals surface area (Å²) in [6.07, 6.45) is 4.17. The standard InChI is InChI=1S/C9H7N3O2/c13-5-3-8-11-9(12-14-8)7-2-1-4-10-6-7/h1-2,4-6H,3H2. The lowest BCUT2D eigenvalue weighted by molar-refractivity contribution is -0.107. The fraction of sp³-hybridized carbons (Fsp3) is 0.111. The summed E-state index contributed by atoms with van der Waals surface area (Å²) in [5, 5.41) is 3.72. The molecule has 14 heavy (non-hydrogen) atoms. The van der Waals surface area contributed by atoms with Gasteiger partial charge in [0.15, 0.2) is 0 Å². The lowest BCUT2D eigenvalue weighted by Crippen LogP contribution is -1.85. The molecule has 0 saturated carbocycles. The van der Waals surface area contributed by atoms with Gasteiger partial charge in [-0.25, -0.2) is 0 Å². The molecule has 2 aromatic heterocycles. The molecule has 0 aliphatic carbocycles.